The van der Waals surface area contributed by atoms with Gasteiger partial charge in [0.25, 0.3) is 5.56 Å². The first-order chi connectivity index (χ1) is 10.5. The molecule has 1 fully saturated rings. The van der Waals surface area contributed by atoms with E-state index in [4.69, 9.17) is 5.73 Å². The van der Waals surface area contributed by atoms with Crippen molar-refractivity contribution < 1.29 is 9.18 Å². The zero-order chi connectivity index (χ0) is 15.4. The molecule has 0 amide bonds. The van der Waals surface area contributed by atoms with Crippen molar-refractivity contribution in [3.8, 4) is 0 Å². The summed E-state index contributed by atoms with van der Waals surface area (Å²) in [7, 11) is 0. The molecule has 6 nitrogen and oxygen atoms in total. The molecule has 112 valence electrons. The highest BCUT2D eigenvalue weighted by Gasteiger charge is 2.39. The van der Waals surface area contributed by atoms with Crippen molar-refractivity contribution in [1.82, 2.24) is 14.9 Å². The predicted molar refractivity (Wildman–Crippen MR) is 78.2 cm³/mol. The number of H-pyrrole nitrogens is 1. The van der Waals surface area contributed by atoms with E-state index in [-0.39, 0.29) is 34.6 Å². The molecular weight excluding hydrogens is 287 g/mol. The van der Waals surface area contributed by atoms with Gasteiger partial charge < -0.3 is 15.6 Å². The van der Waals surface area contributed by atoms with Gasteiger partial charge in [0, 0.05) is 12.1 Å². The second-order valence-corrected chi connectivity index (χ2v) is 5.62. The monoisotopic (exact) mass is 300 g/mol. The van der Waals surface area contributed by atoms with Crippen LogP contribution < -0.4 is 11.3 Å². The van der Waals surface area contributed by atoms with E-state index in [1.807, 2.05) is 4.90 Å². The molecule has 0 unspecified atom stereocenters. The summed E-state index contributed by atoms with van der Waals surface area (Å²) >= 11 is 0. The highest BCUT2D eigenvalue weighted by Crippen LogP contribution is 2.34. The van der Waals surface area contributed by atoms with E-state index in [2.05, 4.69) is 9.97 Å². The number of hydrogen-bond acceptors (Lipinski definition) is 5. The van der Waals surface area contributed by atoms with Crippen molar-refractivity contribution in [3.63, 3.8) is 0 Å². The fraction of sp³-hybridized carbons (Fsp3) is 0.267. The minimum atomic E-state index is -0.490. The lowest BCUT2D eigenvalue weighted by Crippen LogP contribution is -2.27. The molecule has 0 bridgehead atoms. The van der Waals surface area contributed by atoms with E-state index < -0.39 is 11.4 Å². The molecule has 0 saturated heterocycles. The van der Waals surface area contributed by atoms with Crippen LogP contribution in [0.25, 0.3) is 16.5 Å². The second kappa shape index (κ2) is 4.40. The molecule has 1 saturated carbocycles. The summed E-state index contributed by atoms with van der Waals surface area (Å²) in [6, 6.07) is 4.03. The van der Waals surface area contributed by atoms with Crippen molar-refractivity contribution in [2.45, 2.75) is 18.9 Å². The quantitative estimate of drug-likeness (QED) is 0.853. The third-order valence-corrected chi connectivity index (χ3v) is 4.05. The molecule has 2 aliphatic rings. The van der Waals surface area contributed by atoms with E-state index >= 15 is 0 Å². The van der Waals surface area contributed by atoms with Crippen LogP contribution in [0.15, 0.2) is 28.8 Å². The average Bonchev–Trinajstić information content (AvgIpc) is 3.24. The Morgan fingerprint density at radius 3 is 2.82 bits per heavy atom. The number of nitrogens with zero attached hydrogens (tertiary/aromatic N) is 2. The van der Waals surface area contributed by atoms with E-state index in [1.165, 1.54) is 18.2 Å². The van der Waals surface area contributed by atoms with Crippen LogP contribution in [-0.4, -0.2) is 33.2 Å². The van der Waals surface area contributed by atoms with Crippen LogP contribution in [0.3, 0.4) is 0 Å². The van der Waals surface area contributed by atoms with Gasteiger partial charge in [-0.05, 0) is 25.0 Å². The number of Topliss-reactive ketones (excluding diaryl/α,β-unsaturated/α-hetero) is 1. The van der Waals surface area contributed by atoms with Gasteiger partial charge in [-0.25, -0.2) is 9.37 Å². The molecule has 22 heavy (non-hydrogen) atoms. The van der Waals surface area contributed by atoms with Crippen LogP contribution in [0.2, 0.25) is 0 Å². The number of hydrogen-bond donors (Lipinski definition) is 2. The van der Waals surface area contributed by atoms with Crippen molar-refractivity contribution in [2.75, 3.05) is 6.54 Å². The number of ketones is 1. The molecule has 2 heterocycles. The Kier molecular flexibility index (Phi) is 2.60. The molecule has 7 heteroatoms. The van der Waals surface area contributed by atoms with E-state index in [9.17, 15) is 14.0 Å². The number of carbonyl (C=O) groups is 1. The largest absolute Gasteiger partial charge is 0.385 e. The topological polar surface area (TPSA) is 92.1 Å². The average molecular weight is 300 g/mol. The van der Waals surface area contributed by atoms with Crippen molar-refractivity contribution in [2.24, 2.45) is 5.73 Å². The Morgan fingerprint density at radius 1 is 1.32 bits per heavy atom. The molecule has 4 rings (SSSR count). The molecular formula is C15H13FN4O2. The summed E-state index contributed by atoms with van der Waals surface area (Å²) < 4.78 is 13.3. The van der Waals surface area contributed by atoms with Crippen LogP contribution in [0.1, 0.15) is 18.7 Å². The van der Waals surface area contributed by atoms with Gasteiger partial charge in [-0.15, -0.1) is 0 Å². The second-order valence-electron chi connectivity index (χ2n) is 5.62. The lowest BCUT2D eigenvalue weighted by molar-refractivity contribution is -0.113. The third kappa shape index (κ3) is 1.89. The van der Waals surface area contributed by atoms with Gasteiger partial charge in [0.1, 0.15) is 23.0 Å². The zero-order valence-electron chi connectivity index (χ0n) is 11.6. The molecule has 0 atom stereocenters. The van der Waals surface area contributed by atoms with Crippen LogP contribution in [-0.2, 0) is 4.79 Å². The molecule has 2 aromatic rings. The minimum absolute atomic E-state index is 0.105. The Bertz CT molecular complexity index is 898. The smallest absolute Gasteiger partial charge is 0.259 e. The Hall–Kier alpha value is -2.70. The van der Waals surface area contributed by atoms with Gasteiger partial charge >= 0.3 is 0 Å². The summed E-state index contributed by atoms with van der Waals surface area (Å²) in [6.07, 6.45) is 2.02. The number of fused-ring (bicyclic) bond motifs is 1. The van der Waals surface area contributed by atoms with E-state index in [1.54, 1.807) is 0 Å². The standard InChI is InChI=1S/C15H13FN4O2/c16-7-1-4-9-10(5-7)18-14(19-15(9)22)12-11(21)6-20(13(12)17)8-2-3-8/h1,4-5,8H,2-3,6,17H2,(H,18,19,22). The number of aromatic amines is 1. The maximum Gasteiger partial charge on any atom is 0.259 e. The minimum Gasteiger partial charge on any atom is -0.385 e. The maximum atomic E-state index is 13.3. The first-order valence-corrected chi connectivity index (χ1v) is 7.04. The Morgan fingerprint density at radius 2 is 2.09 bits per heavy atom. The van der Waals surface area contributed by atoms with Gasteiger partial charge in [0.05, 0.1) is 17.4 Å². The molecule has 0 radical (unpaired) electrons. The first-order valence-electron chi connectivity index (χ1n) is 7.04. The summed E-state index contributed by atoms with van der Waals surface area (Å²) in [4.78, 5) is 33.0. The van der Waals surface area contributed by atoms with Crippen LogP contribution in [0.4, 0.5) is 4.39 Å². The summed E-state index contributed by atoms with van der Waals surface area (Å²) in [5.74, 6) is -0.223. The fourth-order valence-corrected chi connectivity index (χ4v) is 2.80. The summed E-state index contributed by atoms with van der Waals surface area (Å²) in [5, 5.41) is 0.272. The summed E-state index contributed by atoms with van der Waals surface area (Å²) in [6.45, 7) is 0.205. The van der Waals surface area contributed by atoms with Crippen LogP contribution >= 0.6 is 0 Å². The number of halogens is 1. The van der Waals surface area contributed by atoms with Crippen LogP contribution in [0.5, 0.6) is 0 Å². The highest BCUT2D eigenvalue weighted by molar-refractivity contribution is 6.23. The number of nitrogens with two attached hydrogens (primary N) is 1. The lowest BCUT2D eigenvalue weighted by atomic mass is 10.1. The maximum absolute atomic E-state index is 13.3. The zero-order valence-corrected chi connectivity index (χ0v) is 11.6. The predicted octanol–water partition coefficient (Wildman–Crippen LogP) is 0.737. The van der Waals surface area contributed by atoms with Crippen molar-refractivity contribution >= 4 is 22.3 Å². The number of carbonyl (C=O) groups excluding carboxylic acids is 1. The molecule has 1 aliphatic heterocycles. The van der Waals surface area contributed by atoms with Crippen molar-refractivity contribution in [1.29, 1.82) is 0 Å². The highest BCUT2D eigenvalue weighted by atomic mass is 19.1. The first kappa shape index (κ1) is 13.0. The molecule has 1 aliphatic carbocycles. The van der Waals surface area contributed by atoms with Gasteiger partial charge in [0.15, 0.2) is 5.78 Å². The van der Waals surface area contributed by atoms with Gasteiger partial charge in [-0.2, -0.15) is 0 Å². The normalized spacial score (nSPS) is 18.6. The van der Waals surface area contributed by atoms with E-state index in [0.717, 1.165) is 12.8 Å². The Balaban J connectivity index is 1.90. The number of aromatic nitrogens is 2. The summed E-state index contributed by atoms with van der Waals surface area (Å²) in [5.41, 5.74) is 6.06. The fourth-order valence-electron chi connectivity index (χ4n) is 2.80. The third-order valence-electron chi connectivity index (χ3n) is 4.05. The number of benzene rings is 1. The molecule has 1 aromatic heterocycles. The lowest BCUT2D eigenvalue weighted by Gasteiger charge is -2.17. The Labute approximate surface area is 124 Å². The molecule has 3 N–H and O–H groups in total. The van der Waals surface area contributed by atoms with E-state index in [0.29, 0.717) is 11.9 Å². The molecule has 1 aromatic carbocycles. The van der Waals surface area contributed by atoms with Gasteiger partial charge in [0.2, 0.25) is 0 Å². The number of rotatable bonds is 2. The van der Waals surface area contributed by atoms with Crippen molar-refractivity contribution in [3.05, 3.63) is 46.0 Å². The van der Waals surface area contributed by atoms with Crippen LogP contribution in [0, 0.1) is 5.82 Å². The number of nitrogens with one attached hydrogen (secondary N) is 1. The van der Waals surface area contributed by atoms with Gasteiger partial charge in [-0.1, -0.05) is 0 Å². The SMILES string of the molecule is NC1=C(c2nc3cc(F)ccc3c(=O)[nH]2)C(=O)CN1C1CC1. The molecule has 0 spiro atoms. The van der Waals surface area contributed by atoms with Gasteiger partial charge in [-0.3, -0.25) is 9.59 Å².